The minimum atomic E-state index is -0.561. The molecule has 39 heavy (non-hydrogen) atoms. The van der Waals surface area contributed by atoms with Gasteiger partial charge in [0.1, 0.15) is 18.5 Å². The third-order valence-electron chi connectivity index (χ3n) is 6.90. The van der Waals surface area contributed by atoms with Crippen LogP contribution in [0.15, 0.2) is 77.3 Å². The summed E-state index contributed by atoms with van der Waals surface area (Å²) in [4.78, 5) is 13.7. The minimum Gasteiger partial charge on any atom is -0.491 e. The van der Waals surface area contributed by atoms with Crippen molar-refractivity contribution < 1.29 is 14.4 Å². The van der Waals surface area contributed by atoms with Crippen LogP contribution < -0.4 is 4.74 Å². The average molecular weight is 542 g/mol. The van der Waals surface area contributed by atoms with Crippen LogP contribution in [0.4, 0.5) is 0 Å². The molecule has 1 N–H and O–H groups in total. The molecule has 200 valence electrons. The van der Waals surface area contributed by atoms with E-state index in [1.807, 2.05) is 55.5 Å². The Hall–Kier alpha value is -3.63. The highest BCUT2D eigenvalue weighted by atomic mass is 32.1. The highest BCUT2D eigenvalue weighted by molar-refractivity contribution is 7.18. The van der Waals surface area contributed by atoms with Crippen LogP contribution in [0.3, 0.4) is 0 Å². The third-order valence-corrected chi connectivity index (χ3v) is 7.85. The molecule has 0 spiro atoms. The predicted octanol–water partition coefficient (Wildman–Crippen LogP) is 4.88. The van der Waals surface area contributed by atoms with Crippen LogP contribution >= 0.6 is 11.3 Å². The van der Waals surface area contributed by atoms with Crippen LogP contribution in [0, 0.1) is 6.92 Å². The molecule has 1 aliphatic heterocycles. The summed E-state index contributed by atoms with van der Waals surface area (Å²) in [5.74, 6) is 1.96. The molecular formula is C30H31N5O3S. The quantitative estimate of drug-likeness (QED) is 0.283. The van der Waals surface area contributed by atoms with Gasteiger partial charge in [-0.25, -0.2) is 4.98 Å². The minimum absolute atomic E-state index is 0.255. The van der Waals surface area contributed by atoms with E-state index >= 15 is 0 Å². The number of ether oxygens (including phenoxy) is 1. The Bertz CT molecular complexity index is 1530. The average Bonchev–Trinajstić information content (AvgIpc) is 3.59. The van der Waals surface area contributed by atoms with Crippen LogP contribution in [-0.4, -0.2) is 75.5 Å². The van der Waals surface area contributed by atoms with E-state index in [-0.39, 0.29) is 6.61 Å². The fourth-order valence-electron chi connectivity index (χ4n) is 4.88. The van der Waals surface area contributed by atoms with Gasteiger partial charge in [-0.3, -0.25) is 9.80 Å². The lowest BCUT2D eigenvalue weighted by Gasteiger charge is -2.34. The monoisotopic (exact) mass is 541 g/mol. The molecule has 1 aliphatic rings. The SMILES string of the molecule is Cc1nc2cc(OC[C@@H](O)CN3CCN(Cc4nc(-c5cccc(-c6ccccc6)c5)no4)CC3)ccc2s1. The van der Waals surface area contributed by atoms with Gasteiger partial charge in [0.05, 0.1) is 21.8 Å². The first-order valence-corrected chi connectivity index (χ1v) is 14.0. The molecule has 5 aromatic rings. The summed E-state index contributed by atoms with van der Waals surface area (Å²) in [5, 5.41) is 15.8. The number of aromatic nitrogens is 3. The molecule has 0 amide bonds. The Morgan fingerprint density at radius 3 is 2.51 bits per heavy atom. The second-order valence-corrected chi connectivity index (χ2v) is 11.1. The molecule has 0 aliphatic carbocycles. The molecule has 0 unspecified atom stereocenters. The van der Waals surface area contributed by atoms with Gasteiger partial charge in [-0.1, -0.05) is 53.7 Å². The maximum absolute atomic E-state index is 10.6. The zero-order chi connectivity index (χ0) is 26.6. The second-order valence-electron chi connectivity index (χ2n) is 9.86. The van der Waals surface area contributed by atoms with Crippen LogP contribution in [0.5, 0.6) is 5.75 Å². The summed E-state index contributed by atoms with van der Waals surface area (Å²) in [5.41, 5.74) is 4.16. The van der Waals surface area contributed by atoms with Gasteiger partial charge in [0, 0.05) is 44.4 Å². The van der Waals surface area contributed by atoms with Crippen molar-refractivity contribution in [2.24, 2.45) is 0 Å². The summed E-state index contributed by atoms with van der Waals surface area (Å²) in [6, 6.07) is 24.4. The molecule has 6 rings (SSSR count). The Balaban J connectivity index is 0.968. The number of hydrogen-bond acceptors (Lipinski definition) is 9. The van der Waals surface area contributed by atoms with Crippen molar-refractivity contribution in [3.63, 3.8) is 0 Å². The molecular weight excluding hydrogens is 510 g/mol. The number of aliphatic hydroxyl groups excluding tert-OH is 1. The number of β-amino-alcohol motifs (C(OH)–C–C–N with tert-alkyl or cyclic N) is 1. The van der Waals surface area contributed by atoms with Gasteiger partial charge in [0.25, 0.3) is 0 Å². The Morgan fingerprint density at radius 1 is 0.897 bits per heavy atom. The first-order valence-electron chi connectivity index (χ1n) is 13.2. The van der Waals surface area contributed by atoms with Crippen molar-refractivity contribution >= 4 is 21.6 Å². The van der Waals surface area contributed by atoms with Gasteiger partial charge in [-0.2, -0.15) is 4.98 Å². The molecule has 3 aromatic carbocycles. The summed E-state index contributed by atoms with van der Waals surface area (Å²) < 4.78 is 12.6. The summed E-state index contributed by atoms with van der Waals surface area (Å²) in [6.07, 6.45) is -0.561. The van der Waals surface area contributed by atoms with Crippen molar-refractivity contribution in [3.8, 4) is 28.3 Å². The zero-order valence-corrected chi connectivity index (χ0v) is 22.7. The standard InChI is InChI=1S/C30H31N5O3S/c1-21-31-27-17-26(10-11-28(27)39-21)37-20-25(36)18-34-12-14-35(15-13-34)19-29-32-30(33-38-29)24-9-5-8-23(16-24)22-6-3-2-4-7-22/h2-11,16-17,25,36H,12-15,18-20H2,1H3/t25-/m0/s1. The number of nitrogens with zero attached hydrogens (tertiary/aromatic N) is 5. The predicted molar refractivity (Wildman–Crippen MR) is 153 cm³/mol. The fraction of sp³-hybridized carbons (Fsp3) is 0.300. The molecule has 0 radical (unpaired) electrons. The Labute approximate surface area is 231 Å². The van der Waals surface area contributed by atoms with Gasteiger partial charge in [0.2, 0.25) is 11.7 Å². The number of fused-ring (bicyclic) bond motifs is 1. The largest absolute Gasteiger partial charge is 0.491 e. The maximum atomic E-state index is 10.6. The molecule has 3 heterocycles. The van der Waals surface area contributed by atoms with Crippen LogP contribution in [0.2, 0.25) is 0 Å². The van der Waals surface area contributed by atoms with Gasteiger partial charge in [-0.15, -0.1) is 11.3 Å². The van der Waals surface area contributed by atoms with Crippen molar-refractivity contribution in [3.05, 3.63) is 83.7 Å². The Kier molecular flexibility index (Phi) is 7.64. The second kappa shape index (κ2) is 11.6. The molecule has 0 bridgehead atoms. The lowest BCUT2D eigenvalue weighted by atomic mass is 10.0. The molecule has 1 atom stereocenters. The summed E-state index contributed by atoms with van der Waals surface area (Å²) in [6.45, 7) is 6.91. The first-order chi connectivity index (χ1) is 19.1. The van der Waals surface area contributed by atoms with Gasteiger partial charge >= 0.3 is 0 Å². The smallest absolute Gasteiger partial charge is 0.241 e. The van der Waals surface area contributed by atoms with E-state index < -0.39 is 6.10 Å². The lowest BCUT2D eigenvalue weighted by molar-refractivity contribution is 0.0426. The van der Waals surface area contributed by atoms with Gasteiger partial charge in [-0.05, 0) is 36.2 Å². The van der Waals surface area contributed by atoms with Crippen LogP contribution in [-0.2, 0) is 6.54 Å². The number of thiazole rings is 1. The van der Waals surface area contributed by atoms with E-state index in [0.717, 1.165) is 63.8 Å². The normalized spacial score (nSPS) is 15.5. The molecule has 9 heteroatoms. The fourth-order valence-corrected chi connectivity index (χ4v) is 5.69. The van der Waals surface area contributed by atoms with E-state index in [0.29, 0.717) is 24.8 Å². The molecule has 8 nitrogen and oxygen atoms in total. The van der Waals surface area contributed by atoms with E-state index in [1.54, 1.807) is 11.3 Å². The van der Waals surface area contributed by atoms with Crippen LogP contribution in [0.25, 0.3) is 32.7 Å². The first kappa shape index (κ1) is 25.6. The van der Waals surface area contributed by atoms with Crippen molar-refractivity contribution in [2.45, 2.75) is 19.6 Å². The molecule has 0 saturated carbocycles. The van der Waals surface area contributed by atoms with Gasteiger partial charge in [0.15, 0.2) is 0 Å². The van der Waals surface area contributed by atoms with E-state index in [1.165, 1.54) is 0 Å². The van der Waals surface area contributed by atoms with E-state index in [4.69, 9.17) is 9.26 Å². The van der Waals surface area contributed by atoms with Crippen LogP contribution in [0.1, 0.15) is 10.9 Å². The number of piperazine rings is 1. The molecule has 1 fully saturated rings. The Morgan fingerprint density at radius 2 is 1.67 bits per heavy atom. The maximum Gasteiger partial charge on any atom is 0.241 e. The van der Waals surface area contributed by atoms with Crippen molar-refractivity contribution in [2.75, 3.05) is 39.3 Å². The number of aryl methyl sites for hydroxylation is 1. The highest BCUT2D eigenvalue weighted by Gasteiger charge is 2.21. The summed E-state index contributed by atoms with van der Waals surface area (Å²) >= 11 is 1.67. The van der Waals surface area contributed by atoms with Crippen molar-refractivity contribution in [1.29, 1.82) is 0 Å². The number of aliphatic hydroxyl groups is 1. The zero-order valence-electron chi connectivity index (χ0n) is 21.9. The lowest BCUT2D eigenvalue weighted by Crippen LogP contribution is -2.48. The third kappa shape index (κ3) is 6.34. The van der Waals surface area contributed by atoms with E-state index in [2.05, 4.69) is 49.2 Å². The topological polar surface area (TPSA) is 87.8 Å². The number of benzene rings is 3. The van der Waals surface area contributed by atoms with Crippen molar-refractivity contribution in [1.82, 2.24) is 24.9 Å². The summed E-state index contributed by atoms with van der Waals surface area (Å²) in [7, 11) is 0. The van der Waals surface area contributed by atoms with Gasteiger partial charge < -0.3 is 14.4 Å². The molecule has 1 saturated heterocycles. The number of rotatable bonds is 9. The highest BCUT2D eigenvalue weighted by Crippen LogP contribution is 2.26. The number of hydrogen-bond donors (Lipinski definition) is 1. The van der Waals surface area contributed by atoms with E-state index in [9.17, 15) is 5.11 Å². The molecule has 2 aromatic heterocycles.